The molecule has 0 aliphatic carbocycles. The van der Waals surface area contributed by atoms with Gasteiger partial charge in [-0.25, -0.2) is 0 Å². The molecular weight excluding hydrogens is 316 g/mol. The SMILES string of the molecule is O=C(Nc1ccccc1)c1ccnc(C(=O)NCc2ccncc2)c1. The zero-order chi connectivity index (χ0) is 17.5. The molecule has 6 heteroatoms. The van der Waals surface area contributed by atoms with Crippen molar-refractivity contribution in [1.82, 2.24) is 15.3 Å². The molecule has 2 amide bonds. The molecule has 2 aromatic heterocycles. The van der Waals surface area contributed by atoms with Crippen molar-refractivity contribution < 1.29 is 9.59 Å². The lowest BCUT2D eigenvalue weighted by Gasteiger charge is -2.07. The van der Waals surface area contributed by atoms with Crippen molar-refractivity contribution >= 4 is 17.5 Å². The van der Waals surface area contributed by atoms with E-state index < -0.39 is 0 Å². The highest BCUT2D eigenvalue weighted by Gasteiger charge is 2.12. The number of hydrogen-bond donors (Lipinski definition) is 2. The lowest BCUT2D eigenvalue weighted by Crippen LogP contribution is -2.24. The van der Waals surface area contributed by atoms with E-state index in [9.17, 15) is 9.59 Å². The highest BCUT2D eigenvalue weighted by Crippen LogP contribution is 2.09. The Kier molecular flexibility index (Phi) is 5.11. The molecule has 2 heterocycles. The average Bonchev–Trinajstić information content (AvgIpc) is 2.68. The van der Waals surface area contributed by atoms with Gasteiger partial charge in [0.05, 0.1) is 0 Å². The molecule has 3 aromatic rings. The first-order chi connectivity index (χ1) is 12.2. The number of rotatable bonds is 5. The van der Waals surface area contributed by atoms with Gasteiger partial charge in [-0.1, -0.05) is 18.2 Å². The summed E-state index contributed by atoms with van der Waals surface area (Å²) in [6.07, 6.45) is 4.77. The van der Waals surface area contributed by atoms with Crippen LogP contribution in [0.15, 0.2) is 73.2 Å². The van der Waals surface area contributed by atoms with E-state index >= 15 is 0 Å². The van der Waals surface area contributed by atoms with E-state index in [0.717, 1.165) is 5.56 Å². The van der Waals surface area contributed by atoms with Gasteiger partial charge in [0.1, 0.15) is 5.69 Å². The third-order valence-electron chi connectivity index (χ3n) is 3.49. The van der Waals surface area contributed by atoms with Crippen molar-refractivity contribution in [2.24, 2.45) is 0 Å². The third-order valence-corrected chi connectivity index (χ3v) is 3.49. The quantitative estimate of drug-likeness (QED) is 0.752. The lowest BCUT2D eigenvalue weighted by atomic mass is 10.2. The van der Waals surface area contributed by atoms with Gasteiger partial charge < -0.3 is 10.6 Å². The zero-order valence-corrected chi connectivity index (χ0v) is 13.3. The Morgan fingerprint density at radius 1 is 0.880 bits per heavy atom. The second-order valence-corrected chi connectivity index (χ2v) is 5.29. The molecule has 6 nitrogen and oxygen atoms in total. The van der Waals surface area contributed by atoms with Crippen LogP contribution in [0.2, 0.25) is 0 Å². The van der Waals surface area contributed by atoms with E-state index in [1.165, 1.54) is 12.3 Å². The molecule has 0 aliphatic heterocycles. The van der Waals surface area contributed by atoms with E-state index in [2.05, 4.69) is 20.6 Å². The number of anilines is 1. The van der Waals surface area contributed by atoms with Gasteiger partial charge in [-0.2, -0.15) is 0 Å². The molecule has 3 rings (SSSR count). The molecule has 25 heavy (non-hydrogen) atoms. The molecule has 0 saturated heterocycles. The first-order valence-electron chi connectivity index (χ1n) is 7.72. The second-order valence-electron chi connectivity index (χ2n) is 5.29. The van der Waals surface area contributed by atoms with Crippen molar-refractivity contribution in [3.63, 3.8) is 0 Å². The summed E-state index contributed by atoms with van der Waals surface area (Å²) in [7, 11) is 0. The maximum absolute atomic E-state index is 12.3. The Morgan fingerprint density at radius 3 is 2.40 bits per heavy atom. The molecule has 0 unspecified atom stereocenters. The summed E-state index contributed by atoms with van der Waals surface area (Å²) in [5, 5.41) is 5.55. The number of hydrogen-bond acceptors (Lipinski definition) is 4. The summed E-state index contributed by atoms with van der Waals surface area (Å²) < 4.78 is 0. The number of carbonyl (C=O) groups is 2. The summed E-state index contributed by atoms with van der Waals surface area (Å²) in [6.45, 7) is 0.365. The van der Waals surface area contributed by atoms with Gasteiger partial charge in [0.25, 0.3) is 11.8 Å². The molecule has 0 bridgehead atoms. The Labute approximate surface area is 145 Å². The van der Waals surface area contributed by atoms with Gasteiger partial charge in [-0.3, -0.25) is 19.6 Å². The van der Waals surface area contributed by atoms with Gasteiger partial charge >= 0.3 is 0 Å². The van der Waals surface area contributed by atoms with Crippen LogP contribution >= 0.6 is 0 Å². The van der Waals surface area contributed by atoms with Crippen LogP contribution in [-0.2, 0) is 6.54 Å². The number of para-hydroxylation sites is 1. The number of carbonyl (C=O) groups excluding carboxylic acids is 2. The van der Waals surface area contributed by atoms with Gasteiger partial charge in [0.2, 0.25) is 0 Å². The average molecular weight is 332 g/mol. The number of benzene rings is 1. The Morgan fingerprint density at radius 2 is 1.64 bits per heavy atom. The predicted molar refractivity (Wildman–Crippen MR) is 94.0 cm³/mol. The number of aromatic nitrogens is 2. The van der Waals surface area contributed by atoms with Crippen LogP contribution in [0.5, 0.6) is 0 Å². The minimum Gasteiger partial charge on any atom is -0.347 e. The van der Waals surface area contributed by atoms with Crippen molar-refractivity contribution in [3.8, 4) is 0 Å². The molecule has 0 aliphatic rings. The van der Waals surface area contributed by atoms with E-state index in [1.54, 1.807) is 30.6 Å². The van der Waals surface area contributed by atoms with Crippen LogP contribution in [0.3, 0.4) is 0 Å². The Bertz CT molecular complexity index is 867. The molecular formula is C19H16N4O2. The molecule has 0 fully saturated rings. The molecule has 0 radical (unpaired) electrons. The molecule has 0 atom stereocenters. The number of nitrogens with zero attached hydrogens (tertiary/aromatic N) is 2. The Balaban J connectivity index is 1.66. The van der Waals surface area contributed by atoms with Crippen LogP contribution < -0.4 is 10.6 Å². The largest absolute Gasteiger partial charge is 0.347 e. The topological polar surface area (TPSA) is 84.0 Å². The van der Waals surface area contributed by atoms with Crippen LogP contribution in [0, 0.1) is 0 Å². The van der Waals surface area contributed by atoms with Crippen LogP contribution in [0.4, 0.5) is 5.69 Å². The first-order valence-corrected chi connectivity index (χ1v) is 7.72. The predicted octanol–water partition coefficient (Wildman–Crippen LogP) is 2.66. The van der Waals surface area contributed by atoms with Crippen LogP contribution in [0.1, 0.15) is 26.4 Å². The van der Waals surface area contributed by atoms with E-state index in [1.807, 2.05) is 30.3 Å². The number of amides is 2. The molecule has 0 saturated carbocycles. The minimum absolute atomic E-state index is 0.190. The summed E-state index contributed by atoms with van der Waals surface area (Å²) in [5.41, 5.74) is 2.18. The smallest absolute Gasteiger partial charge is 0.270 e. The molecule has 124 valence electrons. The van der Waals surface area contributed by atoms with Crippen LogP contribution in [0.25, 0.3) is 0 Å². The van der Waals surface area contributed by atoms with Crippen LogP contribution in [-0.4, -0.2) is 21.8 Å². The van der Waals surface area contributed by atoms with Crippen molar-refractivity contribution in [2.45, 2.75) is 6.54 Å². The minimum atomic E-state index is -0.342. The monoisotopic (exact) mass is 332 g/mol. The number of nitrogens with one attached hydrogen (secondary N) is 2. The van der Waals surface area contributed by atoms with Gasteiger partial charge in [-0.05, 0) is 42.0 Å². The molecule has 0 spiro atoms. The fourth-order valence-electron chi connectivity index (χ4n) is 2.19. The number of pyridine rings is 2. The standard InChI is InChI=1S/C19H16N4O2/c24-18(23-16-4-2-1-3-5-16)15-8-11-21-17(12-15)19(25)22-13-14-6-9-20-10-7-14/h1-12H,13H2,(H,22,25)(H,23,24). The van der Waals surface area contributed by atoms with Gasteiger partial charge in [0.15, 0.2) is 0 Å². The van der Waals surface area contributed by atoms with E-state index in [0.29, 0.717) is 17.8 Å². The van der Waals surface area contributed by atoms with E-state index in [4.69, 9.17) is 0 Å². The summed E-state index contributed by atoms with van der Waals surface area (Å²) in [4.78, 5) is 32.5. The normalized spacial score (nSPS) is 10.1. The summed E-state index contributed by atoms with van der Waals surface area (Å²) >= 11 is 0. The second kappa shape index (κ2) is 7.83. The highest BCUT2D eigenvalue weighted by molar-refractivity contribution is 6.05. The van der Waals surface area contributed by atoms with Crippen molar-refractivity contribution in [3.05, 3.63) is 90.0 Å². The fraction of sp³-hybridized carbons (Fsp3) is 0.0526. The van der Waals surface area contributed by atoms with E-state index in [-0.39, 0.29) is 17.5 Å². The summed E-state index contributed by atoms with van der Waals surface area (Å²) in [6, 6.07) is 15.8. The maximum Gasteiger partial charge on any atom is 0.270 e. The lowest BCUT2D eigenvalue weighted by molar-refractivity contribution is 0.0946. The Hall–Kier alpha value is -3.54. The zero-order valence-electron chi connectivity index (χ0n) is 13.3. The van der Waals surface area contributed by atoms with Crippen molar-refractivity contribution in [1.29, 1.82) is 0 Å². The van der Waals surface area contributed by atoms with Crippen molar-refractivity contribution in [2.75, 3.05) is 5.32 Å². The molecule has 1 aromatic carbocycles. The first kappa shape index (κ1) is 16.3. The van der Waals surface area contributed by atoms with Gasteiger partial charge in [0, 0.05) is 36.4 Å². The molecule has 2 N–H and O–H groups in total. The van der Waals surface area contributed by atoms with Gasteiger partial charge in [-0.15, -0.1) is 0 Å². The third kappa shape index (κ3) is 4.48. The maximum atomic E-state index is 12.3. The summed E-state index contributed by atoms with van der Waals surface area (Å²) in [5.74, 6) is -0.636. The highest BCUT2D eigenvalue weighted by atomic mass is 16.2. The fourth-order valence-corrected chi connectivity index (χ4v) is 2.19.